The van der Waals surface area contributed by atoms with Crippen LogP contribution in [0.15, 0.2) is 53.2 Å². The van der Waals surface area contributed by atoms with Crippen molar-refractivity contribution in [2.45, 2.75) is 26.7 Å². The summed E-state index contributed by atoms with van der Waals surface area (Å²) in [4.78, 5) is 38.5. The van der Waals surface area contributed by atoms with Gasteiger partial charge in [-0.1, -0.05) is 42.6 Å². The van der Waals surface area contributed by atoms with Gasteiger partial charge in [0.25, 0.3) is 11.8 Å². The maximum Gasteiger partial charge on any atom is 0.338 e. The monoisotopic (exact) mass is 446 g/mol. The van der Waals surface area contributed by atoms with Crippen molar-refractivity contribution in [3.8, 4) is 0 Å². The standard InChI is InChI=1S/C22H20Cl2N2O4/c1-3-4-11-30-22(29)14-6-9-16(10-7-14)26-20(27)18(24)19(21(26)28)25-17-12-15(23)8-5-13(17)2/h5-10,12,25H,3-4,11H2,1-2H3. The number of hydrogen-bond acceptors (Lipinski definition) is 5. The molecule has 1 aliphatic heterocycles. The summed E-state index contributed by atoms with van der Waals surface area (Å²) >= 11 is 12.2. The third-order valence-electron chi connectivity index (χ3n) is 4.58. The van der Waals surface area contributed by atoms with E-state index in [2.05, 4.69) is 5.32 Å². The molecule has 0 aromatic heterocycles. The molecule has 1 N–H and O–H groups in total. The second-order valence-corrected chi connectivity index (χ2v) is 7.57. The molecule has 2 aromatic rings. The van der Waals surface area contributed by atoms with Gasteiger partial charge < -0.3 is 10.1 Å². The smallest absolute Gasteiger partial charge is 0.338 e. The van der Waals surface area contributed by atoms with Crippen molar-refractivity contribution < 1.29 is 19.1 Å². The van der Waals surface area contributed by atoms with Gasteiger partial charge in [0.1, 0.15) is 10.7 Å². The van der Waals surface area contributed by atoms with Crippen LogP contribution in [0.2, 0.25) is 5.02 Å². The number of hydrogen-bond donors (Lipinski definition) is 1. The van der Waals surface area contributed by atoms with Crippen LogP contribution < -0.4 is 10.2 Å². The average Bonchev–Trinajstić information content (AvgIpc) is 2.94. The molecule has 1 aliphatic rings. The van der Waals surface area contributed by atoms with E-state index in [1.807, 2.05) is 13.8 Å². The lowest BCUT2D eigenvalue weighted by atomic mass is 10.2. The molecule has 2 amide bonds. The fraction of sp³-hybridized carbons (Fsp3) is 0.227. The highest BCUT2D eigenvalue weighted by atomic mass is 35.5. The minimum Gasteiger partial charge on any atom is -0.462 e. The molecule has 0 radical (unpaired) electrons. The second-order valence-electron chi connectivity index (χ2n) is 6.76. The number of unbranched alkanes of at least 4 members (excludes halogenated alkanes) is 1. The minimum absolute atomic E-state index is 0.0323. The van der Waals surface area contributed by atoms with Gasteiger partial charge in [-0.05, 0) is 55.3 Å². The van der Waals surface area contributed by atoms with E-state index >= 15 is 0 Å². The van der Waals surface area contributed by atoms with Crippen LogP contribution in [0, 0.1) is 6.92 Å². The predicted octanol–water partition coefficient (Wildman–Crippen LogP) is 5.04. The molecule has 3 rings (SSSR count). The number of esters is 1. The van der Waals surface area contributed by atoms with Gasteiger partial charge in [0.05, 0.1) is 17.9 Å². The first-order chi connectivity index (χ1) is 14.3. The van der Waals surface area contributed by atoms with Crippen LogP contribution in [-0.2, 0) is 14.3 Å². The van der Waals surface area contributed by atoms with Crippen molar-refractivity contribution >= 4 is 52.4 Å². The van der Waals surface area contributed by atoms with E-state index in [0.29, 0.717) is 28.6 Å². The molecule has 2 aromatic carbocycles. The van der Waals surface area contributed by atoms with E-state index in [1.54, 1.807) is 18.2 Å². The van der Waals surface area contributed by atoms with E-state index in [0.717, 1.165) is 23.3 Å². The highest BCUT2D eigenvalue weighted by Crippen LogP contribution is 2.31. The van der Waals surface area contributed by atoms with Gasteiger partial charge in [0, 0.05) is 10.7 Å². The zero-order valence-electron chi connectivity index (χ0n) is 16.5. The van der Waals surface area contributed by atoms with Crippen molar-refractivity contribution in [1.29, 1.82) is 0 Å². The van der Waals surface area contributed by atoms with Gasteiger partial charge in [-0.3, -0.25) is 9.59 Å². The Morgan fingerprint density at radius 3 is 2.43 bits per heavy atom. The summed E-state index contributed by atoms with van der Waals surface area (Å²) in [6, 6.07) is 11.2. The van der Waals surface area contributed by atoms with Crippen LogP contribution in [0.5, 0.6) is 0 Å². The Morgan fingerprint density at radius 1 is 1.07 bits per heavy atom. The summed E-state index contributed by atoms with van der Waals surface area (Å²) in [7, 11) is 0. The number of imide groups is 1. The van der Waals surface area contributed by atoms with Crippen molar-refractivity contribution in [3.05, 3.63) is 69.3 Å². The molecule has 0 atom stereocenters. The van der Waals surface area contributed by atoms with E-state index in [9.17, 15) is 14.4 Å². The molecular weight excluding hydrogens is 427 g/mol. The van der Waals surface area contributed by atoms with Crippen LogP contribution in [0.4, 0.5) is 11.4 Å². The number of anilines is 2. The molecule has 0 aliphatic carbocycles. The van der Waals surface area contributed by atoms with Crippen molar-refractivity contribution in [2.75, 3.05) is 16.8 Å². The topological polar surface area (TPSA) is 75.7 Å². The number of carbonyl (C=O) groups is 3. The first-order valence-corrected chi connectivity index (χ1v) is 10.2. The number of nitrogens with zero attached hydrogens (tertiary/aromatic N) is 1. The quantitative estimate of drug-likeness (QED) is 0.366. The lowest BCUT2D eigenvalue weighted by Gasteiger charge is -2.16. The number of carbonyl (C=O) groups excluding carboxylic acids is 3. The number of rotatable bonds is 7. The highest BCUT2D eigenvalue weighted by molar-refractivity contribution is 6.53. The largest absolute Gasteiger partial charge is 0.462 e. The minimum atomic E-state index is -0.651. The number of ether oxygens (including phenoxy) is 1. The summed E-state index contributed by atoms with van der Waals surface area (Å²) in [5.74, 6) is -1.70. The van der Waals surface area contributed by atoms with Gasteiger partial charge in [-0.15, -0.1) is 0 Å². The molecule has 0 fully saturated rings. The van der Waals surface area contributed by atoms with Crippen LogP contribution in [0.1, 0.15) is 35.7 Å². The van der Waals surface area contributed by atoms with Crippen molar-refractivity contribution in [2.24, 2.45) is 0 Å². The summed E-state index contributed by atoms with van der Waals surface area (Å²) in [6.45, 7) is 4.19. The Morgan fingerprint density at radius 2 is 1.77 bits per heavy atom. The van der Waals surface area contributed by atoms with Gasteiger partial charge in [-0.2, -0.15) is 0 Å². The first kappa shape index (κ1) is 21.9. The summed E-state index contributed by atoms with van der Waals surface area (Å²) in [5.41, 5.74) is 2.01. The van der Waals surface area contributed by atoms with E-state index in [1.165, 1.54) is 24.3 Å². The molecular formula is C22H20Cl2N2O4. The normalized spacial score (nSPS) is 13.8. The average molecular weight is 447 g/mol. The fourth-order valence-electron chi connectivity index (χ4n) is 2.85. The molecule has 0 bridgehead atoms. The van der Waals surface area contributed by atoms with Gasteiger partial charge >= 0.3 is 5.97 Å². The maximum atomic E-state index is 12.9. The summed E-state index contributed by atoms with van der Waals surface area (Å²) in [5, 5.41) is 3.18. The van der Waals surface area contributed by atoms with Crippen molar-refractivity contribution in [1.82, 2.24) is 0 Å². The van der Waals surface area contributed by atoms with Gasteiger partial charge in [0.2, 0.25) is 0 Å². The molecule has 6 nitrogen and oxygen atoms in total. The Balaban J connectivity index is 1.78. The SMILES string of the molecule is CCCCOC(=O)c1ccc(N2C(=O)C(Cl)=C(Nc3cc(Cl)ccc3C)C2=O)cc1. The third-order valence-corrected chi connectivity index (χ3v) is 5.16. The second kappa shape index (κ2) is 9.32. The Kier molecular flexibility index (Phi) is 6.80. The highest BCUT2D eigenvalue weighted by Gasteiger charge is 2.39. The molecule has 156 valence electrons. The summed E-state index contributed by atoms with van der Waals surface area (Å²) < 4.78 is 5.16. The molecule has 8 heteroatoms. The number of benzene rings is 2. The van der Waals surface area contributed by atoms with Gasteiger partial charge in [0.15, 0.2) is 0 Å². The van der Waals surface area contributed by atoms with E-state index < -0.39 is 17.8 Å². The van der Waals surface area contributed by atoms with Crippen LogP contribution in [0.25, 0.3) is 0 Å². The Labute approximate surface area is 184 Å². The Hall–Kier alpha value is -2.83. The lowest BCUT2D eigenvalue weighted by molar-refractivity contribution is -0.120. The molecule has 0 saturated heterocycles. The number of aryl methyl sites for hydroxylation is 1. The summed E-state index contributed by atoms with van der Waals surface area (Å²) in [6.07, 6.45) is 1.71. The molecule has 0 spiro atoms. The van der Waals surface area contributed by atoms with Crippen LogP contribution >= 0.6 is 23.2 Å². The van der Waals surface area contributed by atoms with Crippen LogP contribution in [-0.4, -0.2) is 24.4 Å². The third kappa shape index (κ3) is 4.50. The first-order valence-electron chi connectivity index (χ1n) is 9.42. The number of halogens is 2. The number of nitrogens with one attached hydrogen (secondary N) is 1. The van der Waals surface area contributed by atoms with Gasteiger partial charge in [-0.25, -0.2) is 9.69 Å². The number of amides is 2. The van der Waals surface area contributed by atoms with E-state index in [-0.39, 0.29) is 10.7 Å². The molecule has 0 saturated carbocycles. The maximum absolute atomic E-state index is 12.9. The predicted molar refractivity (Wildman–Crippen MR) is 117 cm³/mol. The molecule has 0 unspecified atom stereocenters. The molecule has 1 heterocycles. The lowest BCUT2D eigenvalue weighted by Crippen LogP contribution is -2.32. The van der Waals surface area contributed by atoms with Crippen molar-refractivity contribution in [3.63, 3.8) is 0 Å². The zero-order chi connectivity index (χ0) is 21.8. The Bertz CT molecular complexity index is 1030. The zero-order valence-corrected chi connectivity index (χ0v) is 18.0. The fourth-order valence-corrected chi connectivity index (χ4v) is 3.23. The van der Waals surface area contributed by atoms with Crippen LogP contribution in [0.3, 0.4) is 0 Å². The van der Waals surface area contributed by atoms with E-state index in [4.69, 9.17) is 27.9 Å². The molecule has 30 heavy (non-hydrogen) atoms.